The highest BCUT2D eigenvalue weighted by Gasteiger charge is 2.20. The molecule has 1 rings (SSSR count). The van der Waals surface area contributed by atoms with Crippen molar-refractivity contribution in [2.75, 3.05) is 13.2 Å². The number of aliphatic carboxylic acids is 1. The number of hydrogen-bond acceptors (Lipinski definition) is 4. The van der Waals surface area contributed by atoms with Crippen molar-refractivity contribution >= 4 is 18.0 Å². The minimum absolute atomic E-state index is 0.321. The predicted octanol–water partition coefficient (Wildman–Crippen LogP) is 2.30. The van der Waals surface area contributed by atoms with Crippen LogP contribution in [-0.2, 0) is 25.5 Å². The summed E-state index contributed by atoms with van der Waals surface area (Å²) < 4.78 is 10.4. The Kier molecular flexibility index (Phi) is 7.18. The molecule has 5 nitrogen and oxygen atoms in total. The molecule has 0 saturated carbocycles. The number of rotatable bonds is 8. The van der Waals surface area contributed by atoms with Crippen LogP contribution in [0.1, 0.15) is 25.0 Å². The normalized spacial score (nSPS) is 12.3. The lowest BCUT2D eigenvalue weighted by molar-refractivity contribution is -0.156. The minimum atomic E-state index is -0.988. The third-order valence-electron chi connectivity index (χ3n) is 2.74. The Bertz CT molecular complexity index is 490. The summed E-state index contributed by atoms with van der Waals surface area (Å²) in [6.45, 7) is 4.33. The lowest BCUT2D eigenvalue weighted by Crippen LogP contribution is -2.28. The zero-order chi connectivity index (χ0) is 15.7. The van der Waals surface area contributed by atoms with E-state index in [4.69, 9.17) is 14.6 Å². The van der Waals surface area contributed by atoms with Crippen LogP contribution in [0, 0.1) is 0 Å². The number of carboxylic acid groups (broad SMARTS) is 1. The quantitative estimate of drug-likeness (QED) is 0.588. The van der Waals surface area contributed by atoms with Crippen molar-refractivity contribution in [2.24, 2.45) is 0 Å². The van der Waals surface area contributed by atoms with Crippen molar-refractivity contribution in [3.8, 4) is 0 Å². The second-order valence-electron chi connectivity index (χ2n) is 4.31. The molecule has 0 unspecified atom stereocenters. The standard InChI is InChI=1S/C16H20O5/c1-3-20-14(16(19)21-4-2)11-13-7-5-12(6-8-13)9-10-15(17)18/h5-10,14H,3-4,11H2,1-2H3,(H,17,18)/b10-9+/t14-/m0/s1. The maximum Gasteiger partial charge on any atom is 0.335 e. The molecule has 0 fully saturated rings. The van der Waals surface area contributed by atoms with Gasteiger partial charge < -0.3 is 14.6 Å². The van der Waals surface area contributed by atoms with Gasteiger partial charge in [0.25, 0.3) is 0 Å². The van der Waals surface area contributed by atoms with E-state index >= 15 is 0 Å². The van der Waals surface area contributed by atoms with Crippen LogP contribution in [0.5, 0.6) is 0 Å². The fourth-order valence-electron chi connectivity index (χ4n) is 1.79. The lowest BCUT2D eigenvalue weighted by Gasteiger charge is -2.15. The summed E-state index contributed by atoms with van der Waals surface area (Å²) in [6.07, 6.45) is 2.40. The molecule has 5 heteroatoms. The zero-order valence-corrected chi connectivity index (χ0v) is 12.2. The fourth-order valence-corrected chi connectivity index (χ4v) is 1.79. The van der Waals surface area contributed by atoms with Gasteiger partial charge in [0.2, 0.25) is 0 Å². The molecule has 21 heavy (non-hydrogen) atoms. The number of esters is 1. The molecule has 0 radical (unpaired) electrons. The first kappa shape index (κ1) is 16.9. The van der Waals surface area contributed by atoms with Crippen molar-refractivity contribution in [3.05, 3.63) is 41.5 Å². The molecule has 0 aliphatic carbocycles. The molecular weight excluding hydrogens is 272 g/mol. The third kappa shape index (κ3) is 6.23. The summed E-state index contributed by atoms with van der Waals surface area (Å²) in [5, 5.41) is 8.56. The van der Waals surface area contributed by atoms with Crippen LogP contribution in [0.25, 0.3) is 6.08 Å². The van der Waals surface area contributed by atoms with E-state index in [-0.39, 0.29) is 5.97 Å². The number of benzene rings is 1. The Morgan fingerprint density at radius 3 is 2.38 bits per heavy atom. The number of carbonyl (C=O) groups excluding carboxylic acids is 1. The molecular formula is C16H20O5. The molecule has 0 aliphatic rings. The Morgan fingerprint density at radius 1 is 1.19 bits per heavy atom. The van der Waals surface area contributed by atoms with E-state index in [2.05, 4.69) is 0 Å². The molecule has 1 aromatic rings. The van der Waals surface area contributed by atoms with Gasteiger partial charge in [-0.25, -0.2) is 9.59 Å². The summed E-state index contributed by atoms with van der Waals surface area (Å²) in [5.41, 5.74) is 1.71. The van der Waals surface area contributed by atoms with Crippen LogP contribution in [0.15, 0.2) is 30.3 Å². The van der Waals surface area contributed by atoms with Gasteiger partial charge in [-0.15, -0.1) is 0 Å². The van der Waals surface area contributed by atoms with Gasteiger partial charge in [-0.05, 0) is 31.1 Å². The fraction of sp³-hybridized carbons (Fsp3) is 0.375. The topological polar surface area (TPSA) is 72.8 Å². The Balaban J connectivity index is 2.71. The highest BCUT2D eigenvalue weighted by atomic mass is 16.6. The van der Waals surface area contributed by atoms with Crippen molar-refractivity contribution in [1.82, 2.24) is 0 Å². The van der Waals surface area contributed by atoms with Crippen molar-refractivity contribution in [1.29, 1.82) is 0 Å². The average Bonchev–Trinajstić information content (AvgIpc) is 2.46. The third-order valence-corrected chi connectivity index (χ3v) is 2.74. The summed E-state index contributed by atoms with van der Waals surface area (Å²) in [5.74, 6) is -1.35. The molecule has 0 aromatic heterocycles. The first-order valence-corrected chi connectivity index (χ1v) is 6.85. The van der Waals surface area contributed by atoms with Gasteiger partial charge in [0.05, 0.1) is 6.61 Å². The van der Waals surface area contributed by atoms with Crippen LogP contribution < -0.4 is 0 Å². The first-order valence-electron chi connectivity index (χ1n) is 6.85. The van der Waals surface area contributed by atoms with Crippen LogP contribution in [0.4, 0.5) is 0 Å². The van der Waals surface area contributed by atoms with E-state index in [1.54, 1.807) is 19.1 Å². The average molecular weight is 292 g/mol. The highest BCUT2D eigenvalue weighted by Crippen LogP contribution is 2.11. The molecule has 0 bridgehead atoms. The molecule has 0 spiro atoms. The maximum absolute atomic E-state index is 11.8. The minimum Gasteiger partial charge on any atom is -0.478 e. The number of carbonyl (C=O) groups is 2. The molecule has 0 aliphatic heterocycles. The number of carboxylic acids is 1. The molecule has 0 amide bonds. The summed E-state index contributed by atoms with van der Waals surface area (Å²) in [7, 11) is 0. The van der Waals surface area contributed by atoms with Crippen LogP contribution in [0.3, 0.4) is 0 Å². The van der Waals surface area contributed by atoms with Gasteiger partial charge in [-0.1, -0.05) is 24.3 Å². The highest BCUT2D eigenvalue weighted by molar-refractivity contribution is 5.85. The molecule has 0 saturated heterocycles. The van der Waals surface area contributed by atoms with E-state index in [0.717, 1.165) is 17.2 Å². The SMILES string of the molecule is CCOC(=O)[C@H](Cc1ccc(/C=C/C(=O)O)cc1)OCC. The molecule has 114 valence electrons. The largest absolute Gasteiger partial charge is 0.478 e. The second-order valence-corrected chi connectivity index (χ2v) is 4.31. The van der Waals surface area contributed by atoms with E-state index in [9.17, 15) is 9.59 Å². The Morgan fingerprint density at radius 2 is 1.86 bits per heavy atom. The van der Waals surface area contributed by atoms with Crippen LogP contribution >= 0.6 is 0 Å². The van der Waals surface area contributed by atoms with E-state index in [1.807, 2.05) is 19.1 Å². The number of hydrogen-bond donors (Lipinski definition) is 1. The smallest absolute Gasteiger partial charge is 0.335 e. The van der Waals surface area contributed by atoms with Crippen molar-refractivity contribution in [3.63, 3.8) is 0 Å². The van der Waals surface area contributed by atoms with Gasteiger partial charge in [0, 0.05) is 19.1 Å². The van der Waals surface area contributed by atoms with Gasteiger partial charge in [0.1, 0.15) is 0 Å². The maximum atomic E-state index is 11.8. The summed E-state index contributed by atoms with van der Waals surface area (Å²) in [6, 6.07) is 7.27. The van der Waals surface area contributed by atoms with E-state index in [1.165, 1.54) is 6.08 Å². The van der Waals surface area contributed by atoms with Crippen LogP contribution in [-0.4, -0.2) is 36.4 Å². The van der Waals surface area contributed by atoms with E-state index < -0.39 is 12.1 Å². The van der Waals surface area contributed by atoms with Gasteiger partial charge in [0.15, 0.2) is 6.10 Å². The first-order chi connectivity index (χ1) is 10.1. The number of ether oxygens (including phenoxy) is 2. The van der Waals surface area contributed by atoms with E-state index in [0.29, 0.717) is 19.6 Å². The second kappa shape index (κ2) is 8.92. The van der Waals surface area contributed by atoms with Crippen molar-refractivity contribution in [2.45, 2.75) is 26.4 Å². The monoisotopic (exact) mass is 292 g/mol. The predicted molar refractivity (Wildman–Crippen MR) is 78.9 cm³/mol. The van der Waals surface area contributed by atoms with Crippen molar-refractivity contribution < 1.29 is 24.2 Å². The molecule has 1 atom stereocenters. The van der Waals surface area contributed by atoms with Gasteiger partial charge in [-0.2, -0.15) is 0 Å². The van der Waals surface area contributed by atoms with Gasteiger partial charge in [-0.3, -0.25) is 0 Å². The van der Waals surface area contributed by atoms with Crippen LogP contribution in [0.2, 0.25) is 0 Å². The molecule has 1 N–H and O–H groups in total. The lowest BCUT2D eigenvalue weighted by atomic mass is 10.1. The summed E-state index contributed by atoms with van der Waals surface area (Å²) in [4.78, 5) is 22.2. The Hall–Kier alpha value is -2.14. The molecule has 1 aromatic carbocycles. The molecule has 0 heterocycles. The van der Waals surface area contributed by atoms with Gasteiger partial charge >= 0.3 is 11.9 Å². The Labute approximate surface area is 124 Å². The summed E-state index contributed by atoms with van der Waals surface area (Å²) >= 11 is 0. The zero-order valence-electron chi connectivity index (χ0n) is 12.2.